The number of hydrogen-bond donors (Lipinski definition) is 1. The third-order valence-corrected chi connectivity index (χ3v) is 4.62. The summed E-state index contributed by atoms with van der Waals surface area (Å²) in [6.45, 7) is 8.93. The van der Waals surface area contributed by atoms with Crippen LogP contribution in [0.1, 0.15) is 54.9 Å². The molecule has 1 aromatic rings. The standard InChI is InChI=1S/C15H27N3O2S/c1-6-8-18(10-9-17(4)5)15-16-12(11(3)7-2)13(21-15)14(19)20/h11H,6-10H2,1-5H3,(H,19,20). The lowest BCUT2D eigenvalue weighted by Gasteiger charge is -2.23. The van der Waals surface area contributed by atoms with E-state index >= 15 is 0 Å². The van der Waals surface area contributed by atoms with Crippen molar-refractivity contribution in [3.63, 3.8) is 0 Å². The monoisotopic (exact) mass is 313 g/mol. The highest BCUT2D eigenvalue weighted by atomic mass is 32.1. The first-order chi connectivity index (χ1) is 9.90. The van der Waals surface area contributed by atoms with Crippen molar-refractivity contribution in [1.29, 1.82) is 0 Å². The molecule has 1 atom stereocenters. The van der Waals surface area contributed by atoms with Crippen molar-refractivity contribution in [1.82, 2.24) is 9.88 Å². The lowest BCUT2D eigenvalue weighted by atomic mass is 10.0. The average molecular weight is 313 g/mol. The van der Waals surface area contributed by atoms with Crippen LogP contribution < -0.4 is 4.90 Å². The van der Waals surface area contributed by atoms with Gasteiger partial charge in [0.15, 0.2) is 5.13 Å². The maximum atomic E-state index is 11.4. The maximum absolute atomic E-state index is 11.4. The molecule has 0 bridgehead atoms. The minimum absolute atomic E-state index is 0.179. The molecule has 0 radical (unpaired) electrons. The molecule has 0 aliphatic carbocycles. The highest BCUT2D eigenvalue weighted by molar-refractivity contribution is 7.17. The number of carbonyl (C=O) groups is 1. The topological polar surface area (TPSA) is 56.7 Å². The number of aromatic nitrogens is 1. The predicted molar refractivity (Wildman–Crippen MR) is 88.8 cm³/mol. The van der Waals surface area contributed by atoms with Gasteiger partial charge in [-0.25, -0.2) is 9.78 Å². The van der Waals surface area contributed by atoms with E-state index in [1.165, 1.54) is 11.3 Å². The van der Waals surface area contributed by atoms with E-state index in [4.69, 9.17) is 0 Å². The number of hydrogen-bond acceptors (Lipinski definition) is 5. The number of nitrogens with zero attached hydrogens (tertiary/aromatic N) is 3. The van der Waals surface area contributed by atoms with Gasteiger partial charge >= 0.3 is 5.97 Å². The molecule has 0 aliphatic rings. The maximum Gasteiger partial charge on any atom is 0.347 e. The molecule has 1 N–H and O–H groups in total. The zero-order chi connectivity index (χ0) is 16.0. The van der Waals surface area contributed by atoms with Crippen molar-refractivity contribution in [2.45, 2.75) is 39.5 Å². The van der Waals surface area contributed by atoms with Crippen molar-refractivity contribution in [2.24, 2.45) is 0 Å². The van der Waals surface area contributed by atoms with Crippen molar-refractivity contribution in [3.8, 4) is 0 Å². The van der Waals surface area contributed by atoms with Gasteiger partial charge in [-0.2, -0.15) is 0 Å². The third kappa shape index (κ3) is 4.97. The van der Waals surface area contributed by atoms with Crippen molar-refractivity contribution in [3.05, 3.63) is 10.6 Å². The number of carboxylic acid groups (broad SMARTS) is 1. The van der Waals surface area contributed by atoms with Crippen LogP contribution in [0.2, 0.25) is 0 Å². The summed E-state index contributed by atoms with van der Waals surface area (Å²) in [6.07, 6.45) is 1.92. The van der Waals surface area contributed by atoms with Gasteiger partial charge in [0.05, 0.1) is 5.69 Å². The number of anilines is 1. The smallest absolute Gasteiger partial charge is 0.347 e. The Hall–Kier alpha value is -1.14. The second-order valence-electron chi connectivity index (χ2n) is 5.62. The van der Waals surface area contributed by atoms with Gasteiger partial charge in [-0.3, -0.25) is 0 Å². The van der Waals surface area contributed by atoms with Gasteiger partial charge in [0.1, 0.15) is 4.88 Å². The highest BCUT2D eigenvalue weighted by Gasteiger charge is 2.23. The number of carboxylic acids is 1. The lowest BCUT2D eigenvalue weighted by molar-refractivity contribution is 0.0700. The molecule has 5 nitrogen and oxygen atoms in total. The molecule has 21 heavy (non-hydrogen) atoms. The Kier molecular flexibility index (Phi) is 7.11. The summed E-state index contributed by atoms with van der Waals surface area (Å²) >= 11 is 1.31. The Bertz CT molecular complexity index is 460. The van der Waals surface area contributed by atoms with Gasteiger partial charge in [-0.1, -0.05) is 32.1 Å². The molecule has 0 aromatic carbocycles. The summed E-state index contributed by atoms with van der Waals surface area (Å²) in [5.74, 6) is -0.684. The summed E-state index contributed by atoms with van der Waals surface area (Å²) in [5, 5.41) is 10.2. The molecule has 6 heteroatoms. The molecule has 0 spiro atoms. The van der Waals surface area contributed by atoms with Crippen LogP contribution in [0.25, 0.3) is 0 Å². The first-order valence-electron chi connectivity index (χ1n) is 7.54. The Morgan fingerprint density at radius 3 is 2.43 bits per heavy atom. The zero-order valence-electron chi connectivity index (χ0n) is 13.7. The van der Waals surface area contributed by atoms with Gasteiger partial charge < -0.3 is 14.9 Å². The summed E-state index contributed by atoms with van der Waals surface area (Å²) in [7, 11) is 4.08. The second kappa shape index (κ2) is 8.34. The Balaban J connectivity index is 3.05. The SMILES string of the molecule is CCCN(CCN(C)C)c1nc(C(C)CC)c(C(=O)O)s1. The fourth-order valence-electron chi connectivity index (χ4n) is 2.03. The number of likely N-dealkylation sites (N-methyl/N-ethyl adjacent to an activating group) is 1. The van der Waals surface area contributed by atoms with Crippen LogP contribution in [0.4, 0.5) is 5.13 Å². The zero-order valence-corrected chi connectivity index (χ0v) is 14.5. The minimum Gasteiger partial charge on any atom is -0.477 e. The molecule has 0 saturated heterocycles. The van der Waals surface area contributed by atoms with E-state index in [-0.39, 0.29) is 5.92 Å². The van der Waals surface area contributed by atoms with Crippen LogP contribution >= 0.6 is 11.3 Å². The molecular weight excluding hydrogens is 286 g/mol. The largest absolute Gasteiger partial charge is 0.477 e. The highest BCUT2D eigenvalue weighted by Crippen LogP contribution is 2.32. The summed E-state index contributed by atoms with van der Waals surface area (Å²) in [6, 6.07) is 0. The second-order valence-corrected chi connectivity index (χ2v) is 6.59. The fraction of sp³-hybridized carbons (Fsp3) is 0.733. The van der Waals surface area contributed by atoms with Crippen LogP contribution in [0.3, 0.4) is 0 Å². The molecule has 0 fully saturated rings. The quantitative estimate of drug-likeness (QED) is 0.759. The summed E-state index contributed by atoms with van der Waals surface area (Å²) < 4.78 is 0. The van der Waals surface area contributed by atoms with Crippen molar-refractivity contribution < 1.29 is 9.90 Å². The third-order valence-electron chi connectivity index (χ3n) is 3.50. The normalized spacial score (nSPS) is 12.7. The molecule has 1 rings (SSSR count). The van der Waals surface area contributed by atoms with Crippen molar-refractivity contribution >= 4 is 22.4 Å². The minimum atomic E-state index is -0.863. The molecular formula is C15H27N3O2S. The number of thiazole rings is 1. The summed E-state index contributed by atoms with van der Waals surface area (Å²) in [4.78, 5) is 20.8. The summed E-state index contributed by atoms with van der Waals surface area (Å²) in [5.41, 5.74) is 0.732. The first kappa shape index (κ1) is 17.9. The van der Waals surface area contributed by atoms with Gasteiger partial charge in [-0.15, -0.1) is 0 Å². The molecule has 0 saturated carbocycles. The number of aromatic carboxylic acids is 1. The van der Waals surface area contributed by atoms with E-state index in [2.05, 4.69) is 28.6 Å². The molecule has 1 unspecified atom stereocenters. The van der Waals surface area contributed by atoms with Crippen molar-refractivity contribution in [2.75, 3.05) is 38.6 Å². The predicted octanol–water partition coefficient (Wildman–Crippen LogP) is 3.13. The van der Waals surface area contributed by atoms with E-state index in [1.807, 2.05) is 21.0 Å². The molecule has 1 aromatic heterocycles. The fourth-order valence-corrected chi connectivity index (χ4v) is 3.11. The average Bonchev–Trinajstić information content (AvgIpc) is 2.87. The molecule has 0 aliphatic heterocycles. The van der Waals surface area contributed by atoms with Gasteiger partial charge in [0, 0.05) is 19.6 Å². The van der Waals surface area contributed by atoms with E-state index in [9.17, 15) is 9.90 Å². The molecule has 120 valence electrons. The molecule has 1 heterocycles. The van der Waals surface area contributed by atoms with Crippen LogP contribution in [0.5, 0.6) is 0 Å². The van der Waals surface area contributed by atoms with Gasteiger partial charge in [0.2, 0.25) is 0 Å². The van der Waals surface area contributed by atoms with Crippen LogP contribution in [-0.4, -0.2) is 54.7 Å². The van der Waals surface area contributed by atoms with Gasteiger partial charge in [0.25, 0.3) is 0 Å². The lowest BCUT2D eigenvalue weighted by Crippen LogP contribution is -2.32. The van der Waals surface area contributed by atoms with E-state index < -0.39 is 5.97 Å². The molecule has 0 amide bonds. The first-order valence-corrected chi connectivity index (χ1v) is 8.35. The number of rotatable bonds is 9. The Morgan fingerprint density at radius 2 is 1.95 bits per heavy atom. The van der Waals surface area contributed by atoms with Crippen LogP contribution in [0.15, 0.2) is 0 Å². The van der Waals surface area contributed by atoms with E-state index in [0.717, 1.165) is 43.3 Å². The Labute approximate surface area is 131 Å². The van der Waals surface area contributed by atoms with E-state index in [1.54, 1.807) is 0 Å². The van der Waals surface area contributed by atoms with Gasteiger partial charge in [-0.05, 0) is 32.9 Å². The van der Waals surface area contributed by atoms with Crippen LogP contribution in [0, 0.1) is 0 Å². The van der Waals surface area contributed by atoms with E-state index in [0.29, 0.717) is 4.88 Å². The Morgan fingerprint density at radius 1 is 1.29 bits per heavy atom. The van der Waals surface area contributed by atoms with Crippen LogP contribution in [-0.2, 0) is 0 Å².